The first-order chi connectivity index (χ1) is 5.20. The van der Waals surface area contributed by atoms with E-state index in [1.165, 1.54) is 4.90 Å². The van der Waals surface area contributed by atoms with E-state index in [0.717, 1.165) is 19.5 Å². The highest BCUT2D eigenvalue weighted by Crippen LogP contribution is 2.00. The summed E-state index contributed by atoms with van der Waals surface area (Å²) in [6.07, 6.45) is 0.156. The molecule has 1 fully saturated rings. The minimum atomic E-state index is -0.791. The summed E-state index contributed by atoms with van der Waals surface area (Å²) in [6.45, 7) is 3.18. The molecule has 0 saturated carbocycles. The van der Waals surface area contributed by atoms with E-state index in [1.54, 1.807) is 0 Å². The quantitative estimate of drug-likeness (QED) is 0.551. The van der Waals surface area contributed by atoms with E-state index < -0.39 is 6.09 Å². The van der Waals surface area contributed by atoms with Crippen molar-refractivity contribution in [1.82, 2.24) is 9.80 Å². The van der Waals surface area contributed by atoms with Crippen molar-refractivity contribution >= 4 is 6.09 Å². The van der Waals surface area contributed by atoms with E-state index in [4.69, 9.17) is 5.11 Å². The summed E-state index contributed by atoms with van der Waals surface area (Å²) in [7, 11) is 2.02. The first-order valence-electron chi connectivity index (χ1n) is 3.86. The van der Waals surface area contributed by atoms with Crippen LogP contribution in [0.25, 0.3) is 0 Å². The molecular formula is C7H14N2O2. The zero-order valence-corrected chi connectivity index (χ0v) is 6.79. The van der Waals surface area contributed by atoms with E-state index in [1.807, 2.05) is 7.05 Å². The molecule has 0 aliphatic carbocycles. The lowest BCUT2D eigenvalue weighted by atomic mass is 10.4. The molecule has 4 nitrogen and oxygen atoms in total. The van der Waals surface area contributed by atoms with Crippen molar-refractivity contribution in [3.05, 3.63) is 0 Å². The van der Waals surface area contributed by atoms with E-state index in [0.29, 0.717) is 13.1 Å². The summed E-state index contributed by atoms with van der Waals surface area (Å²) in [6, 6.07) is 0. The van der Waals surface area contributed by atoms with Gasteiger partial charge in [0.05, 0.1) is 0 Å². The summed E-state index contributed by atoms with van der Waals surface area (Å²) in [5.74, 6) is 0. The normalized spacial score (nSPS) is 21.4. The molecule has 0 unspecified atom stereocenters. The summed E-state index contributed by atoms with van der Waals surface area (Å²) in [4.78, 5) is 14.2. The zero-order valence-electron chi connectivity index (χ0n) is 6.79. The first kappa shape index (κ1) is 8.33. The van der Waals surface area contributed by atoms with Gasteiger partial charge in [0, 0.05) is 19.6 Å². The summed E-state index contributed by atoms with van der Waals surface area (Å²) in [5.41, 5.74) is 0. The van der Waals surface area contributed by atoms with Crippen molar-refractivity contribution in [3.63, 3.8) is 0 Å². The molecule has 0 bridgehead atoms. The van der Waals surface area contributed by atoms with E-state index in [-0.39, 0.29) is 0 Å². The van der Waals surface area contributed by atoms with Gasteiger partial charge in [0.25, 0.3) is 0 Å². The molecule has 1 N–H and O–H groups in total. The molecule has 1 aliphatic heterocycles. The average Bonchev–Trinajstić information content (AvgIpc) is 2.13. The maximum absolute atomic E-state index is 10.5. The molecular weight excluding hydrogens is 144 g/mol. The van der Waals surface area contributed by atoms with Crippen molar-refractivity contribution < 1.29 is 9.90 Å². The Morgan fingerprint density at radius 1 is 1.27 bits per heavy atom. The topological polar surface area (TPSA) is 43.8 Å². The molecule has 0 aromatic rings. The maximum Gasteiger partial charge on any atom is 0.407 e. The molecule has 0 radical (unpaired) electrons. The van der Waals surface area contributed by atoms with Gasteiger partial charge in [-0.2, -0.15) is 0 Å². The van der Waals surface area contributed by atoms with Crippen molar-refractivity contribution in [2.75, 3.05) is 33.2 Å². The summed E-state index contributed by atoms with van der Waals surface area (Å²) in [5, 5.41) is 8.66. The predicted molar refractivity (Wildman–Crippen MR) is 41.7 cm³/mol. The third kappa shape index (κ3) is 2.38. The largest absolute Gasteiger partial charge is 0.465 e. The van der Waals surface area contributed by atoms with Crippen LogP contribution in [0.1, 0.15) is 6.42 Å². The highest BCUT2D eigenvalue weighted by atomic mass is 16.4. The van der Waals surface area contributed by atoms with Gasteiger partial charge in [-0.25, -0.2) is 4.79 Å². The van der Waals surface area contributed by atoms with Gasteiger partial charge in [0.2, 0.25) is 0 Å². The fourth-order valence-electron chi connectivity index (χ4n) is 1.24. The average molecular weight is 158 g/mol. The van der Waals surface area contributed by atoms with Gasteiger partial charge in [-0.05, 0) is 20.0 Å². The lowest BCUT2D eigenvalue weighted by Gasteiger charge is -2.15. The van der Waals surface area contributed by atoms with Crippen LogP contribution in [-0.2, 0) is 0 Å². The van der Waals surface area contributed by atoms with Gasteiger partial charge in [-0.1, -0.05) is 0 Å². The molecule has 0 aromatic carbocycles. The molecule has 0 spiro atoms. The maximum atomic E-state index is 10.5. The fraction of sp³-hybridized carbons (Fsp3) is 0.857. The van der Waals surface area contributed by atoms with Gasteiger partial charge >= 0.3 is 6.09 Å². The smallest absolute Gasteiger partial charge is 0.407 e. The molecule has 1 aliphatic rings. The van der Waals surface area contributed by atoms with E-state index in [9.17, 15) is 4.79 Å². The number of hydrogen-bond donors (Lipinski definition) is 1. The molecule has 1 amide bonds. The lowest BCUT2D eigenvalue weighted by molar-refractivity contribution is 0.147. The second-order valence-corrected chi connectivity index (χ2v) is 2.93. The van der Waals surface area contributed by atoms with Crippen LogP contribution in [-0.4, -0.2) is 54.2 Å². The Balaban J connectivity index is 2.40. The number of hydrogen-bond acceptors (Lipinski definition) is 2. The monoisotopic (exact) mass is 158 g/mol. The van der Waals surface area contributed by atoms with Crippen molar-refractivity contribution in [2.24, 2.45) is 0 Å². The van der Waals surface area contributed by atoms with Gasteiger partial charge in [-0.3, -0.25) is 0 Å². The Morgan fingerprint density at radius 3 is 2.64 bits per heavy atom. The first-order valence-corrected chi connectivity index (χ1v) is 3.86. The van der Waals surface area contributed by atoms with Crippen LogP contribution in [0, 0.1) is 0 Å². The molecule has 64 valence electrons. The minimum absolute atomic E-state index is 0.645. The molecule has 1 rings (SSSR count). The fourth-order valence-corrected chi connectivity index (χ4v) is 1.24. The molecule has 11 heavy (non-hydrogen) atoms. The van der Waals surface area contributed by atoms with Gasteiger partial charge in [0.15, 0.2) is 0 Å². The van der Waals surface area contributed by atoms with Crippen LogP contribution in [0.2, 0.25) is 0 Å². The number of carboxylic acid groups (broad SMARTS) is 1. The summed E-state index contributed by atoms with van der Waals surface area (Å²) < 4.78 is 0. The number of rotatable bonds is 0. The van der Waals surface area contributed by atoms with Gasteiger partial charge < -0.3 is 14.9 Å². The van der Waals surface area contributed by atoms with Crippen LogP contribution in [0.3, 0.4) is 0 Å². The van der Waals surface area contributed by atoms with Crippen molar-refractivity contribution in [2.45, 2.75) is 6.42 Å². The second kappa shape index (κ2) is 3.57. The molecule has 1 saturated heterocycles. The Kier molecular flexibility index (Phi) is 2.70. The third-order valence-electron chi connectivity index (χ3n) is 1.99. The van der Waals surface area contributed by atoms with Crippen LogP contribution in [0.15, 0.2) is 0 Å². The Bertz CT molecular complexity index is 149. The van der Waals surface area contributed by atoms with Crippen molar-refractivity contribution in [3.8, 4) is 0 Å². The van der Waals surface area contributed by atoms with E-state index in [2.05, 4.69) is 4.90 Å². The van der Waals surface area contributed by atoms with E-state index >= 15 is 0 Å². The number of carbonyl (C=O) groups is 1. The van der Waals surface area contributed by atoms with Crippen LogP contribution < -0.4 is 0 Å². The van der Waals surface area contributed by atoms with Crippen molar-refractivity contribution in [1.29, 1.82) is 0 Å². The Morgan fingerprint density at radius 2 is 2.00 bits per heavy atom. The number of likely N-dealkylation sites (N-methyl/N-ethyl adjacent to an activating group) is 1. The van der Waals surface area contributed by atoms with Crippen LogP contribution >= 0.6 is 0 Å². The summed E-state index contributed by atoms with van der Waals surface area (Å²) >= 11 is 0. The van der Waals surface area contributed by atoms with Gasteiger partial charge in [0.1, 0.15) is 0 Å². The molecule has 1 heterocycles. The minimum Gasteiger partial charge on any atom is -0.465 e. The van der Waals surface area contributed by atoms with Crippen LogP contribution in [0.4, 0.5) is 4.79 Å². The Labute approximate surface area is 66.4 Å². The highest BCUT2D eigenvalue weighted by molar-refractivity contribution is 5.64. The lowest BCUT2D eigenvalue weighted by Crippen LogP contribution is -2.33. The molecule has 0 aromatic heterocycles. The molecule has 4 heteroatoms. The number of amides is 1. The standard InChI is InChI=1S/C7H14N2O2/c1-8-3-2-4-9(6-5-8)7(10)11/h2-6H2,1H3,(H,10,11). The van der Waals surface area contributed by atoms with Crippen LogP contribution in [0.5, 0.6) is 0 Å². The Hall–Kier alpha value is -0.770. The second-order valence-electron chi connectivity index (χ2n) is 2.93. The molecule has 0 atom stereocenters. The van der Waals surface area contributed by atoms with Gasteiger partial charge in [-0.15, -0.1) is 0 Å². The third-order valence-corrected chi connectivity index (χ3v) is 1.99. The number of nitrogens with zero attached hydrogens (tertiary/aromatic N) is 2. The highest BCUT2D eigenvalue weighted by Gasteiger charge is 2.15. The predicted octanol–water partition coefficient (Wildman–Crippen LogP) is 0.302. The SMILES string of the molecule is CN1CCCN(C(=O)O)CC1. The zero-order chi connectivity index (χ0) is 8.27.